The van der Waals surface area contributed by atoms with Crippen LogP contribution in [0, 0.1) is 3.77 Å². The molecule has 1 aliphatic rings. The molecule has 5 nitrogen and oxygen atoms in total. The van der Waals surface area contributed by atoms with Gasteiger partial charge in [-0.05, 0) is 77.3 Å². The highest BCUT2D eigenvalue weighted by molar-refractivity contribution is 14.1. The molecule has 23 heavy (non-hydrogen) atoms. The highest BCUT2D eigenvalue weighted by Crippen LogP contribution is 2.24. The highest BCUT2D eigenvalue weighted by Gasteiger charge is 2.34. The first-order valence-electron chi connectivity index (χ1n) is 6.38. The van der Waals surface area contributed by atoms with Crippen LogP contribution < -0.4 is 10.2 Å². The Morgan fingerprint density at radius 2 is 1.87 bits per heavy atom. The second-order valence-electron chi connectivity index (χ2n) is 4.58. The molecule has 1 aromatic carbocycles. The fourth-order valence-corrected chi connectivity index (χ4v) is 2.87. The maximum absolute atomic E-state index is 12.7. The summed E-state index contributed by atoms with van der Waals surface area (Å²) in [6.07, 6.45) is 1.39. The average Bonchev–Trinajstić information content (AvgIpc) is 2.91. The van der Waals surface area contributed by atoms with Gasteiger partial charge in [-0.25, -0.2) is 0 Å². The Hall–Kier alpha value is -1.71. The van der Waals surface area contributed by atoms with E-state index in [0.717, 1.165) is 0 Å². The number of benzene rings is 1. The largest absolute Gasteiger partial charge is 0.451 e. The number of amides is 2. The SMILES string of the molecule is O=C1NC(=S)N(c2ccc(Cl)cc2)C(=O)/C1=C/c1ccc(I)o1. The van der Waals surface area contributed by atoms with E-state index in [1.54, 1.807) is 36.4 Å². The lowest BCUT2D eigenvalue weighted by Gasteiger charge is -2.28. The minimum Gasteiger partial charge on any atom is -0.451 e. The summed E-state index contributed by atoms with van der Waals surface area (Å²) in [7, 11) is 0. The van der Waals surface area contributed by atoms with Crippen molar-refractivity contribution in [3.05, 3.63) is 56.5 Å². The van der Waals surface area contributed by atoms with E-state index in [9.17, 15) is 9.59 Å². The van der Waals surface area contributed by atoms with Crippen molar-refractivity contribution in [2.24, 2.45) is 0 Å². The molecule has 2 aromatic rings. The van der Waals surface area contributed by atoms with Crippen LogP contribution in [0.2, 0.25) is 5.02 Å². The Morgan fingerprint density at radius 1 is 1.17 bits per heavy atom. The van der Waals surface area contributed by atoms with Gasteiger partial charge in [-0.2, -0.15) is 0 Å². The Balaban J connectivity index is 2.00. The van der Waals surface area contributed by atoms with E-state index in [4.69, 9.17) is 28.2 Å². The van der Waals surface area contributed by atoms with E-state index in [2.05, 4.69) is 5.32 Å². The molecule has 2 heterocycles. The zero-order valence-corrected chi connectivity index (χ0v) is 15.1. The van der Waals surface area contributed by atoms with E-state index < -0.39 is 11.8 Å². The molecule has 0 atom stereocenters. The zero-order valence-electron chi connectivity index (χ0n) is 11.4. The molecule has 0 bridgehead atoms. The van der Waals surface area contributed by atoms with Crippen LogP contribution in [0.5, 0.6) is 0 Å². The van der Waals surface area contributed by atoms with Crippen molar-refractivity contribution in [2.75, 3.05) is 4.90 Å². The minimum absolute atomic E-state index is 0.0218. The topological polar surface area (TPSA) is 62.6 Å². The Morgan fingerprint density at radius 3 is 2.48 bits per heavy atom. The van der Waals surface area contributed by atoms with Crippen molar-refractivity contribution in [3.63, 3.8) is 0 Å². The van der Waals surface area contributed by atoms with Crippen molar-refractivity contribution < 1.29 is 14.0 Å². The Kier molecular flexibility index (Phi) is 4.51. The molecule has 116 valence electrons. The van der Waals surface area contributed by atoms with E-state index in [1.807, 2.05) is 22.6 Å². The van der Waals surface area contributed by atoms with Crippen LogP contribution >= 0.6 is 46.4 Å². The first-order valence-corrected chi connectivity index (χ1v) is 8.24. The average molecular weight is 459 g/mol. The van der Waals surface area contributed by atoms with Gasteiger partial charge in [0.2, 0.25) is 0 Å². The van der Waals surface area contributed by atoms with Crippen LogP contribution in [0.25, 0.3) is 6.08 Å². The lowest BCUT2D eigenvalue weighted by Crippen LogP contribution is -2.54. The lowest BCUT2D eigenvalue weighted by molar-refractivity contribution is -0.122. The number of anilines is 1. The fraction of sp³-hybridized carbons (Fsp3) is 0. The van der Waals surface area contributed by atoms with Crippen LogP contribution in [-0.2, 0) is 9.59 Å². The normalized spacial score (nSPS) is 16.9. The van der Waals surface area contributed by atoms with Gasteiger partial charge in [-0.15, -0.1) is 0 Å². The molecular weight excluding hydrogens is 451 g/mol. The molecule has 1 aromatic heterocycles. The van der Waals surface area contributed by atoms with Crippen molar-refractivity contribution >= 4 is 75.1 Å². The van der Waals surface area contributed by atoms with E-state index >= 15 is 0 Å². The molecule has 0 spiro atoms. The Bertz CT molecular complexity index is 845. The number of hydrogen-bond acceptors (Lipinski definition) is 4. The van der Waals surface area contributed by atoms with Crippen molar-refractivity contribution in [2.45, 2.75) is 0 Å². The first-order chi connectivity index (χ1) is 11.0. The van der Waals surface area contributed by atoms with Crippen molar-refractivity contribution in [3.8, 4) is 0 Å². The molecular formula is C15H8ClIN2O3S. The van der Waals surface area contributed by atoms with E-state index in [0.29, 0.717) is 20.2 Å². The summed E-state index contributed by atoms with van der Waals surface area (Å²) in [5.74, 6) is -0.666. The van der Waals surface area contributed by atoms with Crippen LogP contribution in [0.1, 0.15) is 5.76 Å². The molecule has 0 saturated carbocycles. The number of nitrogens with zero attached hydrogens (tertiary/aromatic N) is 1. The summed E-state index contributed by atoms with van der Waals surface area (Å²) in [6.45, 7) is 0. The summed E-state index contributed by atoms with van der Waals surface area (Å²) in [4.78, 5) is 26.0. The lowest BCUT2D eigenvalue weighted by atomic mass is 10.1. The molecule has 2 amide bonds. The standard InChI is InChI=1S/C15H8ClIN2O3S/c16-8-1-3-9(4-2-8)19-14(21)11(13(20)18-15(19)23)7-10-5-6-12(17)22-10/h1-7H,(H,18,20,23)/b11-7+. The second kappa shape index (κ2) is 6.42. The highest BCUT2D eigenvalue weighted by atomic mass is 127. The number of thiocarbonyl (C=S) groups is 1. The predicted octanol–water partition coefficient (Wildman–Crippen LogP) is 3.37. The van der Waals surface area contributed by atoms with Crippen LogP contribution in [0.15, 0.2) is 46.4 Å². The van der Waals surface area contributed by atoms with Crippen LogP contribution in [0.3, 0.4) is 0 Å². The number of nitrogens with one attached hydrogen (secondary N) is 1. The molecule has 0 unspecified atom stereocenters. The number of halogens is 2. The number of furan rings is 1. The number of rotatable bonds is 2. The molecule has 1 fully saturated rings. The third-order valence-electron chi connectivity index (χ3n) is 3.07. The third-order valence-corrected chi connectivity index (χ3v) is 4.18. The maximum Gasteiger partial charge on any atom is 0.270 e. The summed E-state index contributed by atoms with van der Waals surface area (Å²) in [5.41, 5.74) is 0.462. The molecule has 1 aliphatic heterocycles. The van der Waals surface area contributed by atoms with Crippen molar-refractivity contribution in [1.29, 1.82) is 0 Å². The van der Waals surface area contributed by atoms with Gasteiger partial charge in [0.1, 0.15) is 11.3 Å². The van der Waals surface area contributed by atoms with Gasteiger partial charge in [0, 0.05) is 5.02 Å². The van der Waals surface area contributed by atoms with E-state index in [-0.39, 0.29) is 10.7 Å². The summed E-state index contributed by atoms with van der Waals surface area (Å²) < 4.78 is 6.03. The van der Waals surface area contributed by atoms with E-state index in [1.165, 1.54) is 11.0 Å². The number of hydrogen-bond donors (Lipinski definition) is 1. The van der Waals surface area contributed by atoms with Gasteiger partial charge >= 0.3 is 0 Å². The zero-order chi connectivity index (χ0) is 16.6. The molecule has 3 rings (SSSR count). The van der Waals surface area contributed by atoms with Crippen LogP contribution in [0.4, 0.5) is 5.69 Å². The summed E-state index contributed by atoms with van der Waals surface area (Å²) in [5, 5.41) is 3.06. The second-order valence-corrected chi connectivity index (χ2v) is 6.46. The third kappa shape index (κ3) is 3.31. The van der Waals surface area contributed by atoms with Gasteiger partial charge in [0.15, 0.2) is 8.88 Å². The molecule has 0 radical (unpaired) electrons. The van der Waals surface area contributed by atoms with Gasteiger partial charge < -0.3 is 4.42 Å². The van der Waals surface area contributed by atoms with Gasteiger partial charge in [-0.1, -0.05) is 11.6 Å². The van der Waals surface area contributed by atoms with Crippen LogP contribution in [-0.4, -0.2) is 16.9 Å². The molecule has 0 aliphatic carbocycles. The van der Waals surface area contributed by atoms with Crippen molar-refractivity contribution in [1.82, 2.24) is 5.32 Å². The van der Waals surface area contributed by atoms with Gasteiger partial charge in [0.05, 0.1) is 5.69 Å². The molecule has 1 saturated heterocycles. The molecule has 1 N–H and O–H groups in total. The molecule has 8 heteroatoms. The van der Waals surface area contributed by atoms with Gasteiger partial charge in [-0.3, -0.25) is 19.8 Å². The first kappa shape index (κ1) is 16.2. The maximum atomic E-state index is 12.7. The summed E-state index contributed by atoms with van der Waals surface area (Å²) >= 11 is 13.0. The number of carbonyl (C=O) groups excluding carboxylic acids is 2. The van der Waals surface area contributed by atoms with Gasteiger partial charge in [0.25, 0.3) is 11.8 Å². The monoisotopic (exact) mass is 458 g/mol. The smallest absolute Gasteiger partial charge is 0.270 e. The summed E-state index contributed by atoms with van der Waals surface area (Å²) in [6, 6.07) is 9.99. The Labute approximate surface area is 155 Å². The minimum atomic E-state index is -0.559. The fourth-order valence-electron chi connectivity index (χ4n) is 2.03. The predicted molar refractivity (Wildman–Crippen MR) is 99.1 cm³/mol. The quantitative estimate of drug-likeness (QED) is 0.324. The number of carbonyl (C=O) groups is 2.